The van der Waals surface area contributed by atoms with Crippen LogP contribution in [0.15, 0.2) is 59.3 Å². The number of carbonyl (C=O) groups is 2. The van der Waals surface area contributed by atoms with E-state index in [1.807, 2.05) is 59.3 Å². The van der Waals surface area contributed by atoms with Gasteiger partial charge < -0.3 is 15.0 Å². The van der Waals surface area contributed by atoms with E-state index in [0.717, 1.165) is 41.9 Å². The molecule has 1 atom stereocenters. The molecule has 1 aliphatic rings. The SMILES string of the molecule is COc1ccc([C@@H](C(=O)NC2CCCCC2)N(Cc2cccs2)C(=O)c2cccs2)cc1. The number of benzene rings is 1. The molecule has 1 N–H and O–H groups in total. The van der Waals surface area contributed by atoms with E-state index in [1.54, 1.807) is 23.3 Å². The molecule has 168 valence electrons. The molecule has 4 rings (SSSR count). The smallest absolute Gasteiger partial charge is 0.265 e. The number of nitrogens with one attached hydrogen (secondary N) is 1. The predicted octanol–water partition coefficient (Wildman–Crippen LogP) is 5.65. The fourth-order valence-electron chi connectivity index (χ4n) is 4.18. The standard InChI is InChI=1S/C25H28N2O3S2/c1-30-20-13-11-18(12-14-20)23(24(28)26-19-7-3-2-4-8-19)27(17-21-9-5-15-31-21)25(29)22-10-6-16-32-22/h5-6,9-16,19,23H,2-4,7-8,17H2,1H3,(H,26,28)/t23-/m0/s1. The van der Waals surface area contributed by atoms with Crippen molar-refractivity contribution in [3.63, 3.8) is 0 Å². The van der Waals surface area contributed by atoms with E-state index in [2.05, 4.69) is 5.32 Å². The van der Waals surface area contributed by atoms with E-state index in [4.69, 9.17) is 4.74 Å². The maximum absolute atomic E-state index is 13.7. The van der Waals surface area contributed by atoms with Crippen molar-refractivity contribution in [1.29, 1.82) is 0 Å². The number of ether oxygens (including phenoxy) is 1. The first-order chi connectivity index (χ1) is 15.7. The lowest BCUT2D eigenvalue weighted by Gasteiger charge is -2.33. The molecule has 0 saturated heterocycles. The Hall–Kier alpha value is -2.64. The van der Waals surface area contributed by atoms with Gasteiger partial charge in [-0.3, -0.25) is 9.59 Å². The highest BCUT2D eigenvalue weighted by Gasteiger charge is 2.34. The summed E-state index contributed by atoms with van der Waals surface area (Å²) in [4.78, 5) is 30.7. The zero-order valence-corrected chi connectivity index (χ0v) is 19.8. The van der Waals surface area contributed by atoms with Crippen LogP contribution in [0.2, 0.25) is 0 Å². The van der Waals surface area contributed by atoms with Gasteiger partial charge in [0, 0.05) is 10.9 Å². The Bertz CT molecular complexity index is 995. The number of hydrogen-bond acceptors (Lipinski definition) is 5. The van der Waals surface area contributed by atoms with Gasteiger partial charge in [0.1, 0.15) is 11.8 Å². The Kier molecular flexibility index (Phi) is 7.60. The maximum Gasteiger partial charge on any atom is 0.265 e. The minimum Gasteiger partial charge on any atom is -0.497 e. The molecule has 0 spiro atoms. The van der Waals surface area contributed by atoms with Crippen LogP contribution in [0.25, 0.3) is 0 Å². The lowest BCUT2D eigenvalue weighted by molar-refractivity contribution is -0.127. The molecule has 2 aromatic heterocycles. The third-order valence-corrected chi connectivity index (χ3v) is 7.56. The molecule has 1 aromatic carbocycles. The zero-order valence-electron chi connectivity index (χ0n) is 18.2. The van der Waals surface area contributed by atoms with Crippen LogP contribution in [-0.2, 0) is 11.3 Å². The first kappa shape index (κ1) is 22.6. The number of nitrogens with zero attached hydrogens (tertiary/aromatic N) is 1. The van der Waals surface area contributed by atoms with Crippen LogP contribution < -0.4 is 10.1 Å². The van der Waals surface area contributed by atoms with E-state index >= 15 is 0 Å². The van der Waals surface area contributed by atoms with Crippen LogP contribution in [-0.4, -0.2) is 29.9 Å². The van der Waals surface area contributed by atoms with Crippen molar-refractivity contribution in [2.75, 3.05) is 7.11 Å². The molecule has 2 heterocycles. The summed E-state index contributed by atoms with van der Waals surface area (Å²) in [5.41, 5.74) is 0.778. The summed E-state index contributed by atoms with van der Waals surface area (Å²) in [6.45, 7) is 0.378. The third-order valence-electron chi connectivity index (χ3n) is 5.84. The minimum atomic E-state index is -0.723. The summed E-state index contributed by atoms with van der Waals surface area (Å²) >= 11 is 2.99. The largest absolute Gasteiger partial charge is 0.497 e. The summed E-state index contributed by atoms with van der Waals surface area (Å²) in [5.74, 6) is 0.464. The Labute approximate surface area is 197 Å². The van der Waals surface area contributed by atoms with E-state index in [-0.39, 0.29) is 17.9 Å². The summed E-state index contributed by atoms with van der Waals surface area (Å²) in [6, 6.07) is 14.5. The van der Waals surface area contributed by atoms with Crippen LogP contribution in [0.5, 0.6) is 5.75 Å². The van der Waals surface area contributed by atoms with Crippen LogP contribution in [0.1, 0.15) is 58.3 Å². The topological polar surface area (TPSA) is 58.6 Å². The molecule has 2 amide bonds. The normalized spacial score (nSPS) is 15.2. The molecular formula is C25H28N2O3S2. The number of amides is 2. The molecule has 0 aliphatic heterocycles. The van der Waals surface area contributed by atoms with Crippen molar-refractivity contribution in [3.8, 4) is 5.75 Å². The molecule has 0 radical (unpaired) electrons. The number of carbonyl (C=O) groups excluding carboxylic acids is 2. The van der Waals surface area contributed by atoms with E-state index in [0.29, 0.717) is 11.4 Å². The Morgan fingerprint density at radius 1 is 1.03 bits per heavy atom. The quantitative estimate of drug-likeness (QED) is 0.465. The number of thiophene rings is 2. The molecule has 32 heavy (non-hydrogen) atoms. The summed E-state index contributed by atoms with van der Waals surface area (Å²) < 4.78 is 5.31. The lowest BCUT2D eigenvalue weighted by atomic mass is 9.94. The van der Waals surface area contributed by atoms with Crippen LogP contribution in [0.3, 0.4) is 0 Å². The number of rotatable bonds is 8. The molecule has 7 heteroatoms. The summed E-state index contributed by atoms with van der Waals surface area (Å²) in [5, 5.41) is 7.13. The van der Waals surface area contributed by atoms with Crippen molar-refractivity contribution in [2.45, 2.75) is 50.7 Å². The number of methoxy groups -OCH3 is 1. The van der Waals surface area contributed by atoms with Gasteiger partial charge in [-0.1, -0.05) is 43.5 Å². The van der Waals surface area contributed by atoms with Gasteiger partial charge in [0.25, 0.3) is 5.91 Å². The molecule has 0 unspecified atom stereocenters. The molecule has 1 aliphatic carbocycles. The van der Waals surface area contributed by atoms with Gasteiger partial charge in [-0.05, 0) is 53.4 Å². The summed E-state index contributed by atoms with van der Waals surface area (Å²) in [6.07, 6.45) is 5.46. The average Bonchev–Trinajstić information content (AvgIpc) is 3.54. The van der Waals surface area contributed by atoms with Gasteiger partial charge in [-0.15, -0.1) is 22.7 Å². The van der Waals surface area contributed by atoms with Gasteiger partial charge >= 0.3 is 0 Å². The van der Waals surface area contributed by atoms with Gasteiger partial charge in [0.15, 0.2) is 0 Å². The average molecular weight is 469 g/mol. The highest BCUT2D eigenvalue weighted by Crippen LogP contribution is 2.30. The van der Waals surface area contributed by atoms with Crippen LogP contribution >= 0.6 is 22.7 Å². The fraction of sp³-hybridized carbons (Fsp3) is 0.360. The highest BCUT2D eigenvalue weighted by molar-refractivity contribution is 7.12. The fourth-order valence-corrected chi connectivity index (χ4v) is 5.56. The van der Waals surface area contributed by atoms with E-state index < -0.39 is 6.04 Å². The van der Waals surface area contributed by atoms with Gasteiger partial charge in [-0.2, -0.15) is 0 Å². The first-order valence-electron chi connectivity index (χ1n) is 11.0. The van der Waals surface area contributed by atoms with Gasteiger partial charge in [0.05, 0.1) is 18.5 Å². The van der Waals surface area contributed by atoms with Crippen molar-refractivity contribution in [1.82, 2.24) is 10.2 Å². The molecule has 5 nitrogen and oxygen atoms in total. The third kappa shape index (κ3) is 5.40. The second kappa shape index (κ2) is 10.8. The monoisotopic (exact) mass is 468 g/mol. The maximum atomic E-state index is 13.7. The lowest BCUT2D eigenvalue weighted by Crippen LogP contribution is -2.46. The first-order valence-corrected chi connectivity index (χ1v) is 12.7. The van der Waals surface area contributed by atoms with Crippen molar-refractivity contribution >= 4 is 34.5 Å². The molecule has 1 fully saturated rings. The number of hydrogen-bond donors (Lipinski definition) is 1. The van der Waals surface area contributed by atoms with Crippen LogP contribution in [0, 0.1) is 0 Å². The van der Waals surface area contributed by atoms with E-state index in [1.165, 1.54) is 17.8 Å². The second-order valence-corrected chi connectivity index (χ2v) is 9.99. The molecule has 3 aromatic rings. The van der Waals surface area contributed by atoms with E-state index in [9.17, 15) is 9.59 Å². The van der Waals surface area contributed by atoms with Crippen molar-refractivity contribution in [3.05, 3.63) is 74.6 Å². The molecular weight excluding hydrogens is 440 g/mol. The predicted molar refractivity (Wildman–Crippen MR) is 129 cm³/mol. The zero-order chi connectivity index (χ0) is 22.3. The Morgan fingerprint density at radius 3 is 2.38 bits per heavy atom. The second-order valence-electron chi connectivity index (χ2n) is 8.01. The summed E-state index contributed by atoms with van der Waals surface area (Å²) in [7, 11) is 1.62. The van der Waals surface area contributed by atoms with Crippen LogP contribution in [0.4, 0.5) is 0 Å². The Balaban J connectivity index is 1.70. The van der Waals surface area contributed by atoms with Crippen molar-refractivity contribution in [2.24, 2.45) is 0 Å². The molecule has 1 saturated carbocycles. The highest BCUT2D eigenvalue weighted by atomic mass is 32.1. The van der Waals surface area contributed by atoms with Crippen molar-refractivity contribution < 1.29 is 14.3 Å². The Morgan fingerprint density at radius 2 is 1.75 bits per heavy atom. The van der Waals surface area contributed by atoms with Gasteiger partial charge in [0.2, 0.25) is 5.91 Å². The minimum absolute atomic E-state index is 0.122. The van der Waals surface area contributed by atoms with Gasteiger partial charge in [-0.25, -0.2) is 0 Å². The molecule has 0 bridgehead atoms.